The molecule has 28 heavy (non-hydrogen) atoms. The zero-order chi connectivity index (χ0) is 20.1. The monoisotopic (exact) mass is 451 g/mol. The Morgan fingerprint density at radius 2 is 1.68 bits per heavy atom. The quantitative estimate of drug-likeness (QED) is 0.705. The lowest BCUT2D eigenvalue weighted by Gasteiger charge is -2.39. The van der Waals surface area contributed by atoms with Crippen molar-refractivity contribution in [3.63, 3.8) is 0 Å². The number of hydrogen-bond acceptors (Lipinski definition) is 4. The molecular formula is C20H30BrN5O2. The molecule has 0 saturated carbocycles. The minimum absolute atomic E-state index is 0.0399. The van der Waals surface area contributed by atoms with Gasteiger partial charge in [-0.05, 0) is 54.8 Å². The van der Waals surface area contributed by atoms with Crippen molar-refractivity contribution in [2.75, 3.05) is 57.3 Å². The largest absolute Gasteiger partial charge is 0.353 e. The molecule has 2 saturated heterocycles. The predicted octanol–water partition coefficient (Wildman–Crippen LogP) is 2.67. The average Bonchev–Trinajstić information content (AvgIpc) is 2.75. The molecule has 1 aromatic heterocycles. The Morgan fingerprint density at radius 1 is 1.04 bits per heavy atom. The highest BCUT2D eigenvalue weighted by Crippen LogP contribution is 2.23. The second kappa shape index (κ2) is 9.58. The van der Waals surface area contributed by atoms with Gasteiger partial charge in [0.15, 0.2) is 0 Å². The highest BCUT2D eigenvalue weighted by molar-refractivity contribution is 9.10. The van der Waals surface area contributed by atoms with Crippen LogP contribution >= 0.6 is 15.9 Å². The third-order valence-corrected chi connectivity index (χ3v) is 6.24. The van der Waals surface area contributed by atoms with Gasteiger partial charge in [-0.2, -0.15) is 0 Å². The van der Waals surface area contributed by atoms with Gasteiger partial charge in [-0.15, -0.1) is 0 Å². The van der Waals surface area contributed by atoms with E-state index in [-0.39, 0.29) is 17.9 Å². The fourth-order valence-electron chi connectivity index (χ4n) is 3.98. The SMILES string of the molecule is CCN(CC)C(=O)N1CCC(C(=O)N2CCN(c3ccc(Br)cn3)CC2)CC1. The molecule has 2 aliphatic rings. The fourth-order valence-corrected chi connectivity index (χ4v) is 4.22. The van der Waals surface area contributed by atoms with Gasteiger partial charge >= 0.3 is 6.03 Å². The summed E-state index contributed by atoms with van der Waals surface area (Å²) in [5.74, 6) is 1.25. The predicted molar refractivity (Wildman–Crippen MR) is 113 cm³/mol. The van der Waals surface area contributed by atoms with Gasteiger partial charge < -0.3 is 19.6 Å². The second-order valence-electron chi connectivity index (χ2n) is 7.36. The van der Waals surface area contributed by atoms with E-state index in [4.69, 9.17) is 0 Å². The van der Waals surface area contributed by atoms with E-state index >= 15 is 0 Å². The van der Waals surface area contributed by atoms with E-state index in [2.05, 4.69) is 25.8 Å². The number of carbonyl (C=O) groups excluding carboxylic acids is 2. The van der Waals surface area contributed by atoms with E-state index in [9.17, 15) is 9.59 Å². The van der Waals surface area contributed by atoms with E-state index in [1.54, 1.807) is 6.20 Å². The van der Waals surface area contributed by atoms with Crippen molar-refractivity contribution in [1.29, 1.82) is 0 Å². The maximum Gasteiger partial charge on any atom is 0.319 e. The molecule has 7 nitrogen and oxygen atoms in total. The Labute approximate surface area is 175 Å². The summed E-state index contributed by atoms with van der Waals surface area (Å²) >= 11 is 3.41. The number of halogens is 1. The van der Waals surface area contributed by atoms with Gasteiger partial charge in [-0.1, -0.05) is 0 Å². The van der Waals surface area contributed by atoms with Crippen LogP contribution in [0.5, 0.6) is 0 Å². The van der Waals surface area contributed by atoms with Gasteiger partial charge in [-0.3, -0.25) is 4.79 Å². The zero-order valence-electron chi connectivity index (χ0n) is 16.8. The summed E-state index contributed by atoms with van der Waals surface area (Å²) in [6.07, 6.45) is 3.33. The third-order valence-electron chi connectivity index (χ3n) is 5.78. The van der Waals surface area contributed by atoms with Crippen molar-refractivity contribution < 1.29 is 9.59 Å². The number of nitrogens with zero attached hydrogens (tertiary/aromatic N) is 5. The molecule has 0 unspecified atom stereocenters. The van der Waals surface area contributed by atoms with Crippen LogP contribution in [0.25, 0.3) is 0 Å². The van der Waals surface area contributed by atoms with E-state index in [1.165, 1.54) is 0 Å². The Balaban J connectivity index is 1.47. The summed E-state index contributed by atoms with van der Waals surface area (Å²) in [5.41, 5.74) is 0. The highest BCUT2D eigenvalue weighted by atomic mass is 79.9. The first-order chi connectivity index (χ1) is 13.5. The van der Waals surface area contributed by atoms with Crippen molar-refractivity contribution >= 4 is 33.7 Å². The number of urea groups is 1. The molecule has 3 rings (SSSR count). The maximum atomic E-state index is 12.9. The molecule has 0 aromatic carbocycles. The van der Waals surface area contributed by atoms with Gasteiger partial charge in [0.05, 0.1) is 0 Å². The molecule has 0 aliphatic carbocycles. The number of pyridine rings is 1. The summed E-state index contributed by atoms with van der Waals surface area (Å²) < 4.78 is 0.968. The van der Waals surface area contributed by atoms with Gasteiger partial charge in [0.1, 0.15) is 5.82 Å². The number of carbonyl (C=O) groups is 2. The van der Waals surface area contributed by atoms with Crippen molar-refractivity contribution in [2.24, 2.45) is 5.92 Å². The number of rotatable bonds is 4. The first-order valence-electron chi connectivity index (χ1n) is 10.2. The number of aromatic nitrogens is 1. The van der Waals surface area contributed by atoms with Crippen LogP contribution in [0.1, 0.15) is 26.7 Å². The second-order valence-corrected chi connectivity index (χ2v) is 8.28. The van der Waals surface area contributed by atoms with Gasteiger partial charge in [0.2, 0.25) is 5.91 Å². The minimum atomic E-state index is 0.0399. The van der Waals surface area contributed by atoms with Crippen LogP contribution in [-0.4, -0.2) is 84.0 Å². The topological polar surface area (TPSA) is 60.0 Å². The number of piperazine rings is 1. The number of likely N-dealkylation sites (tertiary alicyclic amines) is 1. The average molecular weight is 452 g/mol. The summed E-state index contributed by atoms with van der Waals surface area (Å²) in [4.78, 5) is 37.8. The van der Waals surface area contributed by atoms with Crippen LogP contribution in [0, 0.1) is 5.92 Å². The lowest BCUT2D eigenvalue weighted by molar-refractivity contribution is -0.137. The van der Waals surface area contributed by atoms with E-state index in [0.29, 0.717) is 13.1 Å². The molecule has 8 heteroatoms. The fraction of sp³-hybridized carbons (Fsp3) is 0.650. The van der Waals surface area contributed by atoms with Crippen LogP contribution in [0.3, 0.4) is 0 Å². The van der Waals surface area contributed by atoms with Crippen molar-refractivity contribution in [1.82, 2.24) is 19.7 Å². The van der Waals surface area contributed by atoms with E-state index < -0.39 is 0 Å². The molecule has 1 aromatic rings. The van der Waals surface area contributed by atoms with Crippen LogP contribution in [-0.2, 0) is 4.79 Å². The Hall–Kier alpha value is -1.83. The first kappa shape index (κ1) is 20.9. The molecule has 0 N–H and O–H groups in total. The minimum Gasteiger partial charge on any atom is -0.353 e. The smallest absolute Gasteiger partial charge is 0.319 e. The molecule has 2 aliphatic heterocycles. The maximum absolute atomic E-state index is 12.9. The van der Waals surface area contributed by atoms with Crippen LogP contribution in [0.15, 0.2) is 22.8 Å². The number of hydrogen-bond donors (Lipinski definition) is 0. The molecule has 154 valence electrons. The van der Waals surface area contributed by atoms with Crippen molar-refractivity contribution in [2.45, 2.75) is 26.7 Å². The Bertz CT molecular complexity index is 664. The lowest BCUT2D eigenvalue weighted by atomic mass is 9.95. The van der Waals surface area contributed by atoms with Gasteiger partial charge in [-0.25, -0.2) is 9.78 Å². The molecule has 0 atom stereocenters. The third kappa shape index (κ3) is 4.77. The molecular weight excluding hydrogens is 422 g/mol. The van der Waals surface area contributed by atoms with Gasteiger partial charge in [0, 0.05) is 68.9 Å². The van der Waals surface area contributed by atoms with Crippen LogP contribution in [0.2, 0.25) is 0 Å². The van der Waals surface area contributed by atoms with E-state index in [1.807, 2.05) is 40.7 Å². The molecule has 0 bridgehead atoms. The summed E-state index contributed by atoms with van der Waals surface area (Å²) in [7, 11) is 0. The van der Waals surface area contributed by atoms with Crippen molar-refractivity contribution in [3.05, 3.63) is 22.8 Å². The first-order valence-corrected chi connectivity index (χ1v) is 11.0. The zero-order valence-corrected chi connectivity index (χ0v) is 18.4. The van der Waals surface area contributed by atoms with E-state index in [0.717, 1.165) is 62.4 Å². The molecule has 0 radical (unpaired) electrons. The molecule has 3 heterocycles. The standard InChI is InChI=1S/C20H30BrN5O2/c1-3-23(4-2)20(28)26-9-7-16(8-10-26)19(27)25-13-11-24(12-14-25)18-6-5-17(21)15-22-18/h5-6,15-16H,3-4,7-14H2,1-2H3. The molecule has 2 fully saturated rings. The van der Waals surface area contributed by atoms with Gasteiger partial charge in [0.25, 0.3) is 0 Å². The Morgan fingerprint density at radius 3 is 2.21 bits per heavy atom. The van der Waals surface area contributed by atoms with Crippen LogP contribution < -0.4 is 4.90 Å². The Kier molecular flexibility index (Phi) is 7.15. The highest BCUT2D eigenvalue weighted by Gasteiger charge is 2.32. The van der Waals surface area contributed by atoms with Crippen LogP contribution in [0.4, 0.5) is 10.6 Å². The molecule has 0 spiro atoms. The number of amides is 3. The normalized spacial score (nSPS) is 18.3. The van der Waals surface area contributed by atoms with Crippen molar-refractivity contribution in [3.8, 4) is 0 Å². The summed E-state index contributed by atoms with van der Waals surface area (Å²) in [5, 5.41) is 0. The lowest BCUT2D eigenvalue weighted by Crippen LogP contribution is -2.53. The summed E-state index contributed by atoms with van der Waals surface area (Å²) in [6, 6.07) is 4.10. The summed E-state index contributed by atoms with van der Waals surface area (Å²) in [6.45, 7) is 9.88. The number of piperidine rings is 1. The molecule has 3 amide bonds. The number of anilines is 1.